The van der Waals surface area contributed by atoms with Gasteiger partial charge in [0.2, 0.25) is 0 Å². The summed E-state index contributed by atoms with van der Waals surface area (Å²) in [4.78, 5) is 15.3. The number of carbonyl (C=O) groups excluding carboxylic acids is 1. The molecule has 0 aliphatic carbocycles. The summed E-state index contributed by atoms with van der Waals surface area (Å²) in [5.41, 5.74) is 0.256. The molecule has 6 heteroatoms. The molecule has 0 fully saturated rings. The average Bonchev–Trinajstić information content (AvgIpc) is 2.80. The first-order chi connectivity index (χ1) is 8.94. The molecule has 0 N–H and O–H groups in total. The number of nitrogens with zero attached hydrogens (tertiary/aromatic N) is 3. The Hall–Kier alpha value is -2.37. The van der Waals surface area contributed by atoms with Gasteiger partial charge in [-0.15, -0.1) is 0 Å². The smallest absolute Gasteiger partial charge is 0.428 e. The highest BCUT2D eigenvalue weighted by atomic mass is 16.7. The number of hydrogen-bond donors (Lipinski definition) is 0. The minimum atomic E-state index is -0.721. The van der Waals surface area contributed by atoms with E-state index in [0.29, 0.717) is 5.75 Å². The van der Waals surface area contributed by atoms with E-state index in [4.69, 9.17) is 9.47 Å². The molecule has 0 radical (unpaired) electrons. The van der Waals surface area contributed by atoms with E-state index in [1.165, 1.54) is 6.33 Å². The van der Waals surface area contributed by atoms with Crippen molar-refractivity contribution in [2.75, 3.05) is 0 Å². The second-order valence-electron chi connectivity index (χ2n) is 4.90. The Morgan fingerprint density at radius 2 is 1.89 bits per heavy atom. The molecule has 2 aromatic rings. The average molecular weight is 261 g/mol. The topological polar surface area (TPSA) is 66.2 Å². The molecule has 0 atom stereocenters. The first kappa shape index (κ1) is 13.1. The number of aromatic nitrogens is 3. The quantitative estimate of drug-likeness (QED) is 0.614. The number of carbonyl (C=O) groups is 1. The highest BCUT2D eigenvalue weighted by molar-refractivity contribution is 5.64. The van der Waals surface area contributed by atoms with Gasteiger partial charge in [-0.25, -0.2) is 14.5 Å². The van der Waals surface area contributed by atoms with E-state index >= 15 is 0 Å². The first-order valence-corrected chi connectivity index (χ1v) is 5.80. The first-order valence-electron chi connectivity index (χ1n) is 5.80. The highest BCUT2D eigenvalue weighted by Crippen LogP contribution is 2.16. The largest absolute Gasteiger partial charge is 0.514 e. The van der Waals surface area contributed by atoms with E-state index in [9.17, 15) is 4.79 Å². The molecule has 0 spiro atoms. The van der Waals surface area contributed by atoms with Crippen molar-refractivity contribution < 1.29 is 14.3 Å². The predicted molar refractivity (Wildman–Crippen MR) is 68.2 cm³/mol. The lowest BCUT2D eigenvalue weighted by Gasteiger charge is -2.18. The van der Waals surface area contributed by atoms with Gasteiger partial charge < -0.3 is 9.47 Å². The van der Waals surface area contributed by atoms with Crippen molar-refractivity contribution in [3.63, 3.8) is 0 Å². The van der Waals surface area contributed by atoms with Crippen molar-refractivity contribution in [2.24, 2.45) is 0 Å². The van der Waals surface area contributed by atoms with Gasteiger partial charge in [-0.1, -0.05) is 0 Å². The fourth-order valence-electron chi connectivity index (χ4n) is 1.38. The molecule has 0 saturated carbocycles. The van der Waals surface area contributed by atoms with Gasteiger partial charge in [-0.2, -0.15) is 5.10 Å². The van der Waals surface area contributed by atoms with Crippen LogP contribution in [0.5, 0.6) is 5.75 Å². The molecule has 0 bridgehead atoms. The van der Waals surface area contributed by atoms with Gasteiger partial charge in [0, 0.05) is 0 Å². The molecule has 6 nitrogen and oxygen atoms in total. The summed E-state index contributed by atoms with van der Waals surface area (Å²) >= 11 is 0. The molecular weight excluding hydrogens is 246 g/mol. The Morgan fingerprint density at radius 1 is 1.21 bits per heavy atom. The second-order valence-corrected chi connectivity index (χ2v) is 4.90. The molecule has 0 unspecified atom stereocenters. The van der Waals surface area contributed by atoms with Crippen molar-refractivity contribution in [3.05, 3.63) is 36.9 Å². The van der Waals surface area contributed by atoms with Crippen molar-refractivity contribution in [2.45, 2.75) is 26.4 Å². The Bertz CT molecular complexity index is 542. The fraction of sp³-hybridized carbons (Fsp3) is 0.308. The summed E-state index contributed by atoms with van der Waals surface area (Å²) in [6, 6.07) is 6.88. The Morgan fingerprint density at radius 3 is 2.42 bits per heavy atom. The molecule has 0 aliphatic heterocycles. The Labute approximate surface area is 111 Å². The minimum Gasteiger partial charge on any atom is -0.428 e. The van der Waals surface area contributed by atoms with Gasteiger partial charge in [-0.3, -0.25) is 0 Å². The van der Waals surface area contributed by atoms with Crippen LogP contribution in [0.4, 0.5) is 4.79 Å². The SMILES string of the molecule is CC(C)(C)OC(=O)Oc1ccc(-n2cncn2)cc1. The van der Waals surface area contributed by atoms with Crippen LogP contribution in [0.3, 0.4) is 0 Å². The summed E-state index contributed by atoms with van der Waals surface area (Å²) in [7, 11) is 0. The van der Waals surface area contributed by atoms with Gasteiger partial charge in [-0.05, 0) is 45.0 Å². The van der Waals surface area contributed by atoms with Crippen LogP contribution in [0, 0.1) is 0 Å². The number of hydrogen-bond acceptors (Lipinski definition) is 5. The normalized spacial score (nSPS) is 11.1. The van der Waals surface area contributed by atoms with E-state index in [2.05, 4.69) is 10.1 Å². The Balaban J connectivity index is 2.01. The summed E-state index contributed by atoms with van der Waals surface area (Å²) in [6.45, 7) is 5.34. The molecule has 19 heavy (non-hydrogen) atoms. The molecule has 2 rings (SSSR count). The van der Waals surface area contributed by atoms with Crippen LogP contribution in [0.15, 0.2) is 36.9 Å². The maximum absolute atomic E-state index is 11.5. The van der Waals surface area contributed by atoms with Gasteiger partial charge in [0.1, 0.15) is 24.0 Å². The third kappa shape index (κ3) is 3.80. The van der Waals surface area contributed by atoms with Gasteiger partial charge >= 0.3 is 6.16 Å². The van der Waals surface area contributed by atoms with Crippen LogP contribution in [-0.4, -0.2) is 26.5 Å². The van der Waals surface area contributed by atoms with Crippen LogP contribution in [0.1, 0.15) is 20.8 Å². The van der Waals surface area contributed by atoms with E-state index in [-0.39, 0.29) is 0 Å². The van der Waals surface area contributed by atoms with Gasteiger partial charge in [0.25, 0.3) is 0 Å². The second kappa shape index (κ2) is 5.09. The van der Waals surface area contributed by atoms with E-state index in [1.807, 2.05) is 0 Å². The van der Waals surface area contributed by atoms with Crippen LogP contribution in [0.25, 0.3) is 5.69 Å². The zero-order valence-electron chi connectivity index (χ0n) is 11.0. The lowest BCUT2D eigenvalue weighted by molar-refractivity contribution is 0.0206. The van der Waals surface area contributed by atoms with Crippen LogP contribution < -0.4 is 4.74 Å². The third-order valence-corrected chi connectivity index (χ3v) is 2.11. The molecule has 0 saturated heterocycles. The molecule has 1 aromatic heterocycles. The standard InChI is InChI=1S/C13H15N3O3/c1-13(2,3)19-12(17)18-11-6-4-10(5-7-11)16-9-14-8-15-16/h4-9H,1-3H3. The summed E-state index contributed by atoms with van der Waals surface area (Å²) in [5, 5.41) is 4.00. The van der Waals surface area contributed by atoms with Crippen molar-refractivity contribution in [1.29, 1.82) is 0 Å². The zero-order valence-corrected chi connectivity index (χ0v) is 11.0. The molecule has 100 valence electrons. The number of ether oxygens (including phenoxy) is 2. The maximum Gasteiger partial charge on any atom is 0.514 e. The molecule has 0 aliphatic rings. The van der Waals surface area contributed by atoms with Gasteiger partial charge in [0.05, 0.1) is 5.69 Å². The number of rotatable bonds is 2. The summed E-state index contributed by atoms with van der Waals surface area (Å²) in [6.07, 6.45) is 2.32. The highest BCUT2D eigenvalue weighted by Gasteiger charge is 2.17. The van der Waals surface area contributed by atoms with Crippen molar-refractivity contribution in [1.82, 2.24) is 14.8 Å². The molecule has 0 amide bonds. The van der Waals surface area contributed by atoms with Crippen LogP contribution in [0.2, 0.25) is 0 Å². The Kier molecular flexibility index (Phi) is 3.50. The predicted octanol–water partition coefficient (Wildman–Crippen LogP) is 2.58. The lowest BCUT2D eigenvalue weighted by atomic mass is 10.2. The molecular formula is C13H15N3O3. The zero-order chi connectivity index (χ0) is 13.9. The molecule has 1 heterocycles. The van der Waals surface area contributed by atoms with E-state index in [1.54, 1.807) is 56.0 Å². The van der Waals surface area contributed by atoms with Crippen LogP contribution >= 0.6 is 0 Å². The van der Waals surface area contributed by atoms with E-state index in [0.717, 1.165) is 5.69 Å². The van der Waals surface area contributed by atoms with Crippen LogP contribution in [-0.2, 0) is 4.74 Å². The van der Waals surface area contributed by atoms with Gasteiger partial charge in [0.15, 0.2) is 0 Å². The fourth-order valence-corrected chi connectivity index (χ4v) is 1.38. The van der Waals surface area contributed by atoms with E-state index < -0.39 is 11.8 Å². The maximum atomic E-state index is 11.5. The lowest BCUT2D eigenvalue weighted by Crippen LogP contribution is -2.25. The third-order valence-electron chi connectivity index (χ3n) is 2.11. The monoisotopic (exact) mass is 261 g/mol. The number of benzene rings is 1. The minimum absolute atomic E-state index is 0.415. The molecule has 1 aromatic carbocycles. The summed E-state index contributed by atoms with van der Waals surface area (Å²) < 4.78 is 11.7. The summed E-state index contributed by atoms with van der Waals surface area (Å²) in [5.74, 6) is 0.415. The van der Waals surface area contributed by atoms with Crippen molar-refractivity contribution >= 4 is 6.16 Å². The van der Waals surface area contributed by atoms with Crippen molar-refractivity contribution in [3.8, 4) is 11.4 Å².